The maximum Gasteiger partial charge on any atom is 0.338 e. The number of aliphatic hydroxyl groups excluding tert-OH is 1. The lowest BCUT2D eigenvalue weighted by atomic mass is 10.2. The van der Waals surface area contributed by atoms with Crippen LogP contribution in [0.3, 0.4) is 0 Å². The van der Waals surface area contributed by atoms with E-state index in [1.54, 1.807) is 12.1 Å². The third kappa shape index (κ3) is 4.61. The average Bonchev–Trinajstić information content (AvgIpc) is 2.25. The molecule has 1 aromatic carbocycles. The Labute approximate surface area is 103 Å². The van der Waals surface area contributed by atoms with E-state index in [4.69, 9.17) is 9.84 Å². The predicted molar refractivity (Wildman–Crippen MR) is 65.8 cm³/mol. The average molecular weight is 320 g/mol. The van der Waals surface area contributed by atoms with Crippen LogP contribution in [0.2, 0.25) is 0 Å². The van der Waals surface area contributed by atoms with Gasteiger partial charge >= 0.3 is 5.97 Å². The zero-order valence-corrected chi connectivity index (χ0v) is 10.4. The van der Waals surface area contributed by atoms with E-state index in [0.717, 1.165) is 3.57 Å². The van der Waals surface area contributed by atoms with Crippen molar-refractivity contribution in [3.8, 4) is 0 Å². The van der Waals surface area contributed by atoms with Gasteiger partial charge in [-0.2, -0.15) is 0 Å². The monoisotopic (exact) mass is 320 g/mol. The Balaban J connectivity index is 2.37. The molecule has 82 valence electrons. The van der Waals surface area contributed by atoms with Crippen molar-refractivity contribution in [3.05, 3.63) is 33.4 Å². The molecule has 0 aromatic heterocycles. The Morgan fingerprint density at radius 1 is 1.27 bits per heavy atom. The number of halogens is 1. The summed E-state index contributed by atoms with van der Waals surface area (Å²) >= 11 is 2.18. The maximum absolute atomic E-state index is 11.4. The standard InChI is InChI=1S/C11H13IO3/c12-10-5-3-9(4-6-10)11(14)15-8-2-1-7-13/h3-6,13H,1-2,7-8H2. The summed E-state index contributed by atoms with van der Waals surface area (Å²) in [6.07, 6.45) is 1.37. The zero-order valence-electron chi connectivity index (χ0n) is 8.28. The van der Waals surface area contributed by atoms with Gasteiger partial charge in [0.15, 0.2) is 0 Å². The highest BCUT2D eigenvalue weighted by Gasteiger charge is 2.05. The van der Waals surface area contributed by atoms with Gasteiger partial charge in [-0.1, -0.05) is 0 Å². The molecule has 1 aromatic rings. The van der Waals surface area contributed by atoms with Crippen molar-refractivity contribution in [2.75, 3.05) is 13.2 Å². The van der Waals surface area contributed by atoms with E-state index in [9.17, 15) is 4.79 Å². The summed E-state index contributed by atoms with van der Waals surface area (Å²) in [7, 11) is 0. The molecule has 0 fully saturated rings. The molecule has 0 unspecified atom stereocenters. The minimum atomic E-state index is -0.302. The van der Waals surface area contributed by atoms with Crippen LogP contribution in [0.4, 0.5) is 0 Å². The Hall–Kier alpha value is -0.620. The van der Waals surface area contributed by atoms with E-state index in [1.807, 2.05) is 12.1 Å². The van der Waals surface area contributed by atoms with Gasteiger partial charge in [0.1, 0.15) is 0 Å². The van der Waals surface area contributed by atoms with Crippen LogP contribution in [0.25, 0.3) is 0 Å². The highest BCUT2D eigenvalue weighted by molar-refractivity contribution is 14.1. The Morgan fingerprint density at radius 3 is 2.53 bits per heavy atom. The minimum absolute atomic E-state index is 0.140. The Kier molecular flexibility index (Phi) is 5.63. The van der Waals surface area contributed by atoms with Crippen LogP contribution in [-0.2, 0) is 4.74 Å². The van der Waals surface area contributed by atoms with Gasteiger partial charge in [-0.3, -0.25) is 0 Å². The SMILES string of the molecule is O=C(OCCCCO)c1ccc(I)cc1. The van der Waals surface area contributed by atoms with Crippen molar-refractivity contribution in [1.82, 2.24) is 0 Å². The van der Waals surface area contributed by atoms with Crippen LogP contribution in [0.15, 0.2) is 24.3 Å². The van der Waals surface area contributed by atoms with E-state index < -0.39 is 0 Å². The molecular weight excluding hydrogens is 307 g/mol. The number of esters is 1. The van der Waals surface area contributed by atoms with Gasteiger partial charge in [-0.25, -0.2) is 4.79 Å². The molecule has 0 aliphatic rings. The second-order valence-corrected chi connectivity index (χ2v) is 4.32. The Bertz CT molecular complexity index is 308. The van der Waals surface area contributed by atoms with Gasteiger partial charge in [0.2, 0.25) is 0 Å². The molecule has 0 amide bonds. The fraction of sp³-hybridized carbons (Fsp3) is 0.364. The van der Waals surface area contributed by atoms with Crippen LogP contribution in [0, 0.1) is 3.57 Å². The first-order chi connectivity index (χ1) is 7.24. The summed E-state index contributed by atoms with van der Waals surface area (Å²) in [5.41, 5.74) is 0.569. The lowest BCUT2D eigenvalue weighted by molar-refractivity contribution is 0.0492. The van der Waals surface area contributed by atoms with Crippen molar-refractivity contribution in [3.63, 3.8) is 0 Å². The third-order valence-corrected chi connectivity index (χ3v) is 2.58. The molecule has 1 N–H and O–H groups in total. The number of rotatable bonds is 5. The molecule has 0 saturated carbocycles. The maximum atomic E-state index is 11.4. The largest absolute Gasteiger partial charge is 0.462 e. The number of unbranched alkanes of at least 4 members (excludes halogenated alkanes) is 1. The second kappa shape index (κ2) is 6.79. The lowest BCUT2D eigenvalue weighted by Gasteiger charge is -2.03. The quantitative estimate of drug-likeness (QED) is 0.514. The number of hydrogen-bond donors (Lipinski definition) is 1. The number of carbonyl (C=O) groups excluding carboxylic acids is 1. The van der Waals surface area contributed by atoms with E-state index in [-0.39, 0.29) is 12.6 Å². The molecular formula is C11H13IO3. The fourth-order valence-electron chi connectivity index (χ4n) is 1.05. The minimum Gasteiger partial charge on any atom is -0.462 e. The normalized spacial score (nSPS) is 10.0. The third-order valence-electron chi connectivity index (χ3n) is 1.87. The van der Waals surface area contributed by atoms with Gasteiger partial charge in [-0.15, -0.1) is 0 Å². The van der Waals surface area contributed by atoms with Crippen LogP contribution in [0.5, 0.6) is 0 Å². The summed E-state index contributed by atoms with van der Waals surface area (Å²) in [4.78, 5) is 11.4. The van der Waals surface area contributed by atoms with Gasteiger partial charge in [0.05, 0.1) is 12.2 Å². The molecule has 15 heavy (non-hydrogen) atoms. The van der Waals surface area contributed by atoms with Crippen LogP contribution in [-0.4, -0.2) is 24.3 Å². The van der Waals surface area contributed by atoms with Crippen molar-refractivity contribution >= 4 is 28.6 Å². The number of hydrogen-bond acceptors (Lipinski definition) is 3. The van der Waals surface area contributed by atoms with Crippen LogP contribution >= 0.6 is 22.6 Å². The number of carbonyl (C=O) groups is 1. The number of aliphatic hydroxyl groups is 1. The first-order valence-corrected chi connectivity index (χ1v) is 5.85. The second-order valence-electron chi connectivity index (χ2n) is 3.07. The summed E-state index contributed by atoms with van der Waals surface area (Å²) < 4.78 is 6.10. The van der Waals surface area contributed by atoms with Gasteiger partial charge in [0.25, 0.3) is 0 Å². The molecule has 0 heterocycles. The van der Waals surface area contributed by atoms with Crippen LogP contribution < -0.4 is 0 Å². The number of ether oxygens (including phenoxy) is 1. The lowest BCUT2D eigenvalue weighted by Crippen LogP contribution is -2.06. The van der Waals surface area contributed by atoms with E-state index in [2.05, 4.69) is 22.6 Å². The van der Waals surface area contributed by atoms with Crippen molar-refractivity contribution < 1.29 is 14.6 Å². The molecule has 4 heteroatoms. The molecule has 3 nitrogen and oxygen atoms in total. The zero-order chi connectivity index (χ0) is 11.1. The summed E-state index contributed by atoms with van der Waals surface area (Å²) in [5, 5.41) is 8.54. The van der Waals surface area contributed by atoms with E-state index >= 15 is 0 Å². The fourth-order valence-corrected chi connectivity index (χ4v) is 1.41. The molecule has 0 radical (unpaired) electrons. The Morgan fingerprint density at radius 2 is 1.93 bits per heavy atom. The van der Waals surface area contributed by atoms with Crippen molar-refractivity contribution in [2.45, 2.75) is 12.8 Å². The first-order valence-electron chi connectivity index (χ1n) is 4.77. The molecule has 0 bridgehead atoms. The van der Waals surface area contributed by atoms with Crippen molar-refractivity contribution in [2.24, 2.45) is 0 Å². The molecule has 0 aliphatic heterocycles. The predicted octanol–water partition coefficient (Wildman–Crippen LogP) is 2.22. The highest BCUT2D eigenvalue weighted by Crippen LogP contribution is 2.08. The molecule has 0 spiro atoms. The summed E-state index contributed by atoms with van der Waals surface area (Å²) in [5.74, 6) is -0.302. The van der Waals surface area contributed by atoms with Crippen molar-refractivity contribution in [1.29, 1.82) is 0 Å². The highest BCUT2D eigenvalue weighted by atomic mass is 127. The van der Waals surface area contributed by atoms with E-state index in [0.29, 0.717) is 25.0 Å². The molecule has 0 atom stereocenters. The molecule has 1 rings (SSSR count). The van der Waals surface area contributed by atoms with Gasteiger partial charge in [0, 0.05) is 10.2 Å². The van der Waals surface area contributed by atoms with Gasteiger partial charge in [-0.05, 0) is 59.7 Å². The summed E-state index contributed by atoms with van der Waals surface area (Å²) in [6.45, 7) is 0.506. The van der Waals surface area contributed by atoms with E-state index in [1.165, 1.54) is 0 Å². The van der Waals surface area contributed by atoms with Gasteiger partial charge < -0.3 is 9.84 Å². The molecule has 0 saturated heterocycles. The first kappa shape index (κ1) is 12.4. The molecule has 0 aliphatic carbocycles. The van der Waals surface area contributed by atoms with Crippen LogP contribution in [0.1, 0.15) is 23.2 Å². The number of benzene rings is 1. The topological polar surface area (TPSA) is 46.5 Å². The smallest absolute Gasteiger partial charge is 0.338 e. The summed E-state index contributed by atoms with van der Waals surface area (Å²) in [6, 6.07) is 7.22.